The van der Waals surface area contributed by atoms with Crippen LogP contribution in [0.4, 0.5) is 11.5 Å². The van der Waals surface area contributed by atoms with Gasteiger partial charge in [0, 0.05) is 37.3 Å². The lowest BCUT2D eigenvalue weighted by Gasteiger charge is -2.34. The van der Waals surface area contributed by atoms with Crippen molar-refractivity contribution in [1.29, 1.82) is 0 Å². The third-order valence-electron chi connectivity index (χ3n) is 6.85. The van der Waals surface area contributed by atoms with Gasteiger partial charge in [0.1, 0.15) is 17.1 Å². The second kappa shape index (κ2) is 10.2. The van der Waals surface area contributed by atoms with Crippen LogP contribution in [0, 0.1) is 5.92 Å². The monoisotopic (exact) mass is 525 g/mol. The first-order chi connectivity index (χ1) is 17.8. The number of aromatic nitrogens is 2. The molecule has 1 saturated carbocycles. The van der Waals surface area contributed by atoms with E-state index in [-0.39, 0.29) is 57.7 Å². The maximum Gasteiger partial charge on any atom is 0.355 e. The lowest BCUT2D eigenvalue weighted by molar-refractivity contribution is -0.130. The third kappa shape index (κ3) is 4.99. The molecule has 37 heavy (non-hydrogen) atoms. The van der Waals surface area contributed by atoms with Gasteiger partial charge in [-0.25, -0.2) is 14.8 Å². The number of pyridine rings is 2. The number of carbonyl (C=O) groups is 4. The van der Waals surface area contributed by atoms with Crippen LogP contribution in [0.15, 0.2) is 35.0 Å². The molecule has 1 saturated heterocycles. The molecule has 3 amide bonds. The van der Waals surface area contributed by atoms with Crippen LogP contribution >= 0.6 is 11.6 Å². The molecule has 4 heterocycles. The molecule has 0 bridgehead atoms. The van der Waals surface area contributed by atoms with Gasteiger partial charge in [0.25, 0.3) is 5.91 Å². The second-order valence-corrected chi connectivity index (χ2v) is 9.58. The van der Waals surface area contributed by atoms with Gasteiger partial charge in [-0.1, -0.05) is 11.6 Å². The number of amides is 3. The van der Waals surface area contributed by atoms with E-state index in [9.17, 15) is 24.3 Å². The topological polar surface area (TPSA) is 155 Å². The van der Waals surface area contributed by atoms with E-state index in [0.717, 1.165) is 13.0 Å². The number of furan rings is 1. The predicted molar refractivity (Wildman–Crippen MR) is 133 cm³/mol. The normalized spacial score (nSPS) is 19.7. The summed E-state index contributed by atoms with van der Waals surface area (Å²) < 4.78 is 5.70. The summed E-state index contributed by atoms with van der Waals surface area (Å²) in [5.41, 5.74) is -0.321. The van der Waals surface area contributed by atoms with Crippen molar-refractivity contribution in [1.82, 2.24) is 14.9 Å². The van der Waals surface area contributed by atoms with E-state index in [2.05, 4.69) is 20.6 Å². The van der Waals surface area contributed by atoms with Gasteiger partial charge >= 0.3 is 5.97 Å². The van der Waals surface area contributed by atoms with Crippen LogP contribution < -0.4 is 10.6 Å². The van der Waals surface area contributed by atoms with E-state index in [4.69, 9.17) is 16.0 Å². The maximum absolute atomic E-state index is 13.3. The Kier molecular flexibility index (Phi) is 6.79. The Hall–Kier alpha value is -3.99. The number of hydrogen-bond acceptors (Lipinski definition) is 7. The largest absolute Gasteiger partial charge is 0.476 e. The fourth-order valence-corrected chi connectivity index (χ4v) is 5.15. The summed E-state index contributed by atoms with van der Waals surface area (Å²) >= 11 is 5.85. The first kappa shape index (κ1) is 24.7. The Morgan fingerprint density at radius 3 is 2.51 bits per heavy atom. The molecule has 11 nitrogen and oxygen atoms in total. The molecule has 2 fully saturated rings. The van der Waals surface area contributed by atoms with Gasteiger partial charge in [-0.15, -0.1) is 0 Å². The quantitative estimate of drug-likeness (QED) is 0.437. The smallest absolute Gasteiger partial charge is 0.355 e. The number of anilines is 2. The number of likely N-dealkylation sites (tertiary alicyclic amines) is 1. The maximum atomic E-state index is 13.3. The van der Waals surface area contributed by atoms with Gasteiger partial charge in [0.2, 0.25) is 17.6 Å². The van der Waals surface area contributed by atoms with Crippen molar-refractivity contribution in [3.05, 3.63) is 47.1 Å². The standard InChI is InChI=1S/C25H24ClN5O6/c26-14-5-8-17(28-12-14)29-24(34)22-20(19-16(37-22)9-10-27-21(19)25(35)36)30-23(33)13-3-6-15(7-4-13)31-11-1-2-18(31)32/h5,8-10,12-13,15H,1-4,6-7,11H2,(H,30,33)(H,35,36)(H,28,29,34). The first-order valence-electron chi connectivity index (χ1n) is 12.0. The van der Waals surface area contributed by atoms with Gasteiger partial charge in [-0.3, -0.25) is 14.4 Å². The Morgan fingerprint density at radius 1 is 1.08 bits per heavy atom. The molecule has 0 radical (unpaired) electrons. The van der Waals surface area contributed by atoms with Gasteiger partial charge < -0.3 is 25.1 Å². The number of nitrogens with one attached hydrogen (secondary N) is 2. The molecular formula is C25H24ClN5O6. The molecule has 192 valence electrons. The van der Waals surface area contributed by atoms with E-state index in [1.54, 1.807) is 6.07 Å². The average Bonchev–Trinajstić information content (AvgIpc) is 3.49. The number of carboxylic acids is 1. The van der Waals surface area contributed by atoms with E-state index in [1.165, 1.54) is 24.5 Å². The van der Waals surface area contributed by atoms with Crippen LogP contribution in [0.1, 0.15) is 59.6 Å². The number of rotatable bonds is 6. The lowest BCUT2D eigenvalue weighted by atomic mass is 9.84. The fraction of sp³-hybridized carbons (Fsp3) is 0.360. The first-order valence-corrected chi connectivity index (χ1v) is 12.4. The van der Waals surface area contributed by atoms with Crippen molar-refractivity contribution in [3.63, 3.8) is 0 Å². The van der Waals surface area contributed by atoms with Crippen molar-refractivity contribution < 1.29 is 28.7 Å². The van der Waals surface area contributed by atoms with Crippen molar-refractivity contribution >= 4 is 57.8 Å². The highest BCUT2D eigenvalue weighted by Gasteiger charge is 2.35. The average molecular weight is 526 g/mol. The van der Waals surface area contributed by atoms with Crippen molar-refractivity contribution in [3.8, 4) is 0 Å². The number of halogens is 1. The molecule has 3 N–H and O–H groups in total. The van der Waals surface area contributed by atoms with Gasteiger partial charge in [-0.2, -0.15) is 0 Å². The number of hydrogen-bond donors (Lipinski definition) is 3. The molecular weight excluding hydrogens is 502 g/mol. The zero-order valence-corrected chi connectivity index (χ0v) is 20.5. The van der Waals surface area contributed by atoms with Crippen molar-refractivity contribution in [2.24, 2.45) is 5.92 Å². The molecule has 12 heteroatoms. The number of carbonyl (C=O) groups excluding carboxylic acids is 3. The van der Waals surface area contributed by atoms with E-state index < -0.39 is 11.9 Å². The van der Waals surface area contributed by atoms with E-state index in [1.807, 2.05) is 4.90 Å². The Labute approximate surface area is 216 Å². The van der Waals surface area contributed by atoms with Crippen LogP contribution in [0.5, 0.6) is 0 Å². The zero-order valence-electron chi connectivity index (χ0n) is 19.7. The highest BCUT2D eigenvalue weighted by Crippen LogP contribution is 2.36. The molecule has 0 spiro atoms. The highest BCUT2D eigenvalue weighted by molar-refractivity contribution is 6.30. The molecule has 0 aromatic carbocycles. The molecule has 3 aromatic heterocycles. The van der Waals surface area contributed by atoms with Crippen LogP contribution in [0.3, 0.4) is 0 Å². The molecule has 2 aliphatic rings. The van der Waals surface area contributed by atoms with Gasteiger partial charge in [-0.05, 0) is 50.3 Å². The number of carboxylic acid groups (broad SMARTS) is 1. The number of nitrogens with zero attached hydrogens (tertiary/aromatic N) is 3. The summed E-state index contributed by atoms with van der Waals surface area (Å²) in [6, 6.07) is 4.59. The second-order valence-electron chi connectivity index (χ2n) is 9.15. The van der Waals surface area contributed by atoms with E-state index in [0.29, 0.717) is 37.1 Å². The summed E-state index contributed by atoms with van der Waals surface area (Å²) in [6.07, 6.45) is 6.59. The van der Waals surface area contributed by atoms with Crippen LogP contribution in [-0.2, 0) is 9.59 Å². The lowest BCUT2D eigenvalue weighted by Crippen LogP contribution is -2.40. The minimum absolute atomic E-state index is 0.0221. The molecule has 1 aliphatic carbocycles. The van der Waals surface area contributed by atoms with Crippen LogP contribution in [0.25, 0.3) is 11.0 Å². The number of aromatic carboxylic acids is 1. The Bertz CT molecular complexity index is 1380. The van der Waals surface area contributed by atoms with Crippen molar-refractivity contribution in [2.75, 3.05) is 17.2 Å². The molecule has 0 unspecified atom stereocenters. The minimum Gasteiger partial charge on any atom is -0.476 e. The third-order valence-corrected chi connectivity index (χ3v) is 7.07. The molecule has 5 rings (SSSR count). The Balaban J connectivity index is 1.40. The highest BCUT2D eigenvalue weighted by atomic mass is 35.5. The number of fused-ring (bicyclic) bond motifs is 1. The van der Waals surface area contributed by atoms with Crippen LogP contribution in [-0.4, -0.2) is 56.3 Å². The van der Waals surface area contributed by atoms with Crippen LogP contribution in [0.2, 0.25) is 5.02 Å². The fourth-order valence-electron chi connectivity index (χ4n) is 5.04. The molecule has 1 aliphatic heterocycles. The Morgan fingerprint density at radius 2 is 1.86 bits per heavy atom. The summed E-state index contributed by atoms with van der Waals surface area (Å²) in [4.78, 5) is 60.2. The summed E-state index contributed by atoms with van der Waals surface area (Å²) in [7, 11) is 0. The van der Waals surface area contributed by atoms with Gasteiger partial charge in [0.05, 0.1) is 10.4 Å². The summed E-state index contributed by atoms with van der Waals surface area (Å²) in [5, 5.41) is 15.4. The van der Waals surface area contributed by atoms with Crippen molar-refractivity contribution in [2.45, 2.75) is 44.6 Å². The SMILES string of the molecule is O=C(Nc1ccc(Cl)cn1)c1oc2ccnc(C(=O)O)c2c1NC(=O)C1CCC(N2CCCC2=O)CC1. The van der Waals surface area contributed by atoms with E-state index >= 15 is 0 Å². The van der Waals surface area contributed by atoms with Gasteiger partial charge in [0.15, 0.2) is 5.69 Å². The molecule has 0 atom stereocenters. The summed E-state index contributed by atoms with van der Waals surface area (Å²) in [5.74, 6) is -2.69. The minimum atomic E-state index is -1.33. The molecule has 3 aromatic rings. The zero-order chi connectivity index (χ0) is 26.1. The predicted octanol–water partition coefficient (Wildman–Crippen LogP) is 3.95. The summed E-state index contributed by atoms with van der Waals surface area (Å²) in [6.45, 7) is 0.757.